The number of thioether (sulfide) groups is 2. The molecule has 2 aromatic rings. The fourth-order valence-electron chi connectivity index (χ4n) is 1.46. The summed E-state index contributed by atoms with van der Waals surface area (Å²) in [6.45, 7) is 0.816. The summed E-state index contributed by atoms with van der Waals surface area (Å²) in [7, 11) is 0. The second kappa shape index (κ2) is 7.23. The van der Waals surface area contributed by atoms with E-state index in [0.717, 1.165) is 16.5 Å². The average Bonchev–Trinajstić information content (AvgIpc) is 2.81. The summed E-state index contributed by atoms with van der Waals surface area (Å²) in [4.78, 5) is 9.53. The summed E-state index contributed by atoms with van der Waals surface area (Å²) in [5.74, 6) is 0. The third-order valence-corrected chi connectivity index (χ3v) is 5.00. The minimum Gasteiger partial charge on any atom is -0.269 e. The minimum absolute atomic E-state index is 0.619. The Kier molecular flexibility index (Phi) is 5.62. The molecule has 1 aromatic heterocycles. The summed E-state index contributed by atoms with van der Waals surface area (Å²) in [5.41, 5.74) is 1.26. The van der Waals surface area contributed by atoms with Crippen LogP contribution in [0.1, 0.15) is 5.56 Å². The van der Waals surface area contributed by atoms with Gasteiger partial charge in [0.15, 0.2) is 9.48 Å². The molecule has 0 fully saturated rings. The normalized spacial score (nSPS) is 11.8. The van der Waals surface area contributed by atoms with Crippen LogP contribution in [0.15, 0.2) is 40.5 Å². The molecule has 2 rings (SSSR count). The van der Waals surface area contributed by atoms with E-state index >= 15 is 0 Å². The summed E-state index contributed by atoms with van der Waals surface area (Å²) >= 11 is 9.73. The highest BCUT2D eigenvalue weighted by molar-refractivity contribution is 8.22. The molecule has 3 nitrogen and oxygen atoms in total. The Morgan fingerprint density at radius 3 is 2.74 bits per heavy atom. The van der Waals surface area contributed by atoms with Gasteiger partial charge in [0.2, 0.25) is 4.80 Å². The number of nitrogens with zero attached hydrogens (tertiary/aromatic N) is 3. The highest BCUT2D eigenvalue weighted by Crippen LogP contribution is 2.15. The van der Waals surface area contributed by atoms with Gasteiger partial charge in [0, 0.05) is 0 Å². The topological polar surface area (TPSA) is 30.2 Å². The molecule has 1 aromatic carbocycles. The smallest absolute Gasteiger partial charge is 0.229 e. The third kappa shape index (κ3) is 4.17. The Morgan fingerprint density at radius 2 is 2.11 bits per heavy atom. The third-order valence-electron chi connectivity index (χ3n) is 2.31. The standard InChI is InChI=1S/C12H13N3S4/c1-17-11-13-10(14-12(16)18-2)19-15(11)8-9-6-4-3-5-7-9/h3-7H,8H2,1-2H3/b14-10-. The van der Waals surface area contributed by atoms with E-state index in [2.05, 4.69) is 26.1 Å². The molecule has 0 radical (unpaired) electrons. The minimum atomic E-state index is 0.619. The van der Waals surface area contributed by atoms with Gasteiger partial charge < -0.3 is 0 Å². The van der Waals surface area contributed by atoms with Crippen LogP contribution in [0.2, 0.25) is 0 Å². The molecule has 0 amide bonds. The largest absolute Gasteiger partial charge is 0.269 e. The van der Waals surface area contributed by atoms with Crippen LogP contribution in [-0.4, -0.2) is 25.8 Å². The van der Waals surface area contributed by atoms with Crippen LogP contribution in [-0.2, 0) is 6.54 Å². The molecule has 0 aliphatic rings. The van der Waals surface area contributed by atoms with Crippen LogP contribution in [0.4, 0.5) is 0 Å². The molecule has 0 saturated heterocycles. The first-order chi connectivity index (χ1) is 9.22. The van der Waals surface area contributed by atoms with Crippen molar-refractivity contribution in [3.63, 3.8) is 0 Å². The van der Waals surface area contributed by atoms with Crippen LogP contribution < -0.4 is 4.80 Å². The average molecular weight is 328 g/mol. The first-order valence-electron chi connectivity index (χ1n) is 5.51. The summed E-state index contributed by atoms with van der Waals surface area (Å²) in [5, 5.41) is 0.969. The van der Waals surface area contributed by atoms with Crippen LogP contribution in [0, 0.1) is 0 Å². The predicted molar refractivity (Wildman–Crippen MR) is 89.1 cm³/mol. The second-order valence-corrected chi connectivity index (χ2v) is 6.78. The molecule has 0 N–H and O–H groups in total. The number of rotatable bonds is 3. The van der Waals surface area contributed by atoms with Crippen LogP contribution >= 0.6 is 47.3 Å². The molecule has 19 heavy (non-hydrogen) atoms. The van der Waals surface area contributed by atoms with Crippen molar-refractivity contribution < 1.29 is 0 Å². The van der Waals surface area contributed by atoms with Gasteiger partial charge in [-0.3, -0.25) is 3.96 Å². The van der Waals surface area contributed by atoms with Crippen molar-refractivity contribution in [2.75, 3.05) is 12.5 Å². The highest BCUT2D eigenvalue weighted by Gasteiger charge is 2.06. The summed E-state index contributed by atoms with van der Waals surface area (Å²) in [6, 6.07) is 10.3. The van der Waals surface area contributed by atoms with Gasteiger partial charge >= 0.3 is 0 Å². The molecule has 0 saturated carbocycles. The van der Waals surface area contributed by atoms with Gasteiger partial charge in [0.05, 0.1) is 6.54 Å². The Morgan fingerprint density at radius 1 is 1.37 bits per heavy atom. The number of benzene rings is 1. The van der Waals surface area contributed by atoms with Crippen LogP contribution in [0.25, 0.3) is 0 Å². The van der Waals surface area contributed by atoms with E-state index in [1.807, 2.05) is 30.7 Å². The summed E-state index contributed by atoms with van der Waals surface area (Å²) in [6.07, 6.45) is 3.94. The number of hydrogen-bond acceptors (Lipinski definition) is 5. The van der Waals surface area contributed by atoms with Crippen molar-refractivity contribution >= 4 is 51.6 Å². The Labute approximate surface area is 130 Å². The van der Waals surface area contributed by atoms with Gasteiger partial charge in [-0.25, -0.2) is 0 Å². The molecule has 7 heteroatoms. The quantitative estimate of drug-likeness (QED) is 0.639. The molecule has 0 atom stereocenters. The maximum atomic E-state index is 5.10. The molecule has 100 valence electrons. The van der Waals surface area contributed by atoms with E-state index in [-0.39, 0.29) is 0 Å². The van der Waals surface area contributed by atoms with Gasteiger partial charge in [-0.1, -0.05) is 66.1 Å². The Hall–Kier alpha value is -0.630. The van der Waals surface area contributed by atoms with E-state index in [9.17, 15) is 0 Å². The van der Waals surface area contributed by atoms with Crippen molar-refractivity contribution in [2.24, 2.45) is 4.99 Å². The zero-order valence-corrected chi connectivity index (χ0v) is 13.8. The van der Waals surface area contributed by atoms with Crippen LogP contribution in [0.3, 0.4) is 0 Å². The molecule has 0 bridgehead atoms. The molecule has 1 heterocycles. The van der Waals surface area contributed by atoms with Crippen molar-refractivity contribution in [1.82, 2.24) is 8.94 Å². The van der Waals surface area contributed by atoms with Crippen molar-refractivity contribution in [2.45, 2.75) is 11.7 Å². The zero-order chi connectivity index (χ0) is 13.7. The van der Waals surface area contributed by atoms with Gasteiger partial charge in [0.1, 0.15) is 0 Å². The lowest BCUT2D eigenvalue weighted by Gasteiger charge is -2.03. The molecule has 0 aliphatic heterocycles. The first kappa shape index (κ1) is 14.8. The highest BCUT2D eigenvalue weighted by atomic mass is 32.2. The number of aromatic nitrogens is 2. The van der Waals surface area contributed by atoms with Gasteiger partial charge in [-0.15, -0.1) is 0 Å². The van der Waals surface area contributed by atoms with E-state index in [0.29, 0.717) is 4.32 Å². The molecule has 0 aliphatic carbocycles. The molecular weight excluding hydrogens is 314 g/mol. The van der Waals surface area contributed by atoms with E-state index in [1.165, 1.54) is 28.9 Å². The van der Waals surface area contributed by atoms with Crippen LogP contribution in [0.5, 0.6) is 0 Å². The fourth-order valence-corrected chi connectivity index (χ4v) is 3.47. The lowest BCUT2D eigenvalue weighted by molar-refractivity contribution is 0.760. The molecule has 0 spiro atoms. The fraction of sp³-hybridized carbons (Fsp3) is 0.250. The van der Waals surface area contributed by atoms with Gasteiger partial charge in [-0.2, -0.15) is 9.98 Å². The van der Waals surface area contributed by atoms with Crippen molar-refractivity contribution in [3.05, 3.63) is 40.7 Å². The van der Waals surface area contributed by atoms with Gasteiger partial charge in [0.25, 0.3) is 0 Å². The SMILES string of the molecule is CSC(=S)/N=c1/nc(SC)n(Cc2ccccc2)s1. The summed E-state index contributed by atoms with van der Waals surface area (Å²) < 4.78 is 2.76. The van der Waals surface area contributed by atoms with E-state index in [1.54, 1.807) is 11.8 Å². The zero-order valence-electron chi connectivity index (χ0n) is 10.6. The maximum Gasteiger partial charge on any atom is 0.229 e. The second-order valence-electron chi connectivity index (χ2n) is 3.58. The van der Waals surface area contributed by atoms with E-state index in [4.69, 9.17) is 12.2 Å². The number of hydrogen-bond donors (Lipinski definition) is 0. The van der Waals surface area contributed by atoms with Gasteiger partial charge in [-0.05, 0) is 29.6 Å². The first-order valence-corrected chi connectivity index (χ1v) is 9.15. The lowest BCUT2D eigenvalue weighted by atomic mass is 10.2. The van der Waals surface area contributed by atoms with E-state index < -0.39 is 0 Å². The number of thiocarbonyl (C=S) groups is 1. The van der Waals surface area contributed by atoms with Crippen molar-refractivity contribution in [1.29, 1.82) is 0 Å². The Bertz CT molecular complexity index is 615. The van der Waals surface area contributed by atoms with Crippen molar-refractivity contribution in [3.8, 4) is 0 Å². The lowest BCUT2D eigenvalue weighted by Crippen LogP contribution is -2.00. The predicted octanol–water partition coefficient (Wildman–Crippen LogP) is 3.26. The monoisotopic (exact) mass is 327 g/mol. The Balaban J connectivity index is 2.30. The molecule has 0 unspecified atom stereocenters. The molecular formula is C12H13N3S4. The maximum absolute atomic E-state index is 5.10.